The van der Waals surface area contributed by atoms with E-state index in [0.29, 0.717) is 36.6 Å². The van der Waals surface area contributed by atoms with E-state index in [1.54, 1.807) is 37.3 Å². The van der Waals surface area contributed by atoms with Crippen molar-refractivity contribution in [3.05, 3.63) is 23.8 Å². The Morgan fingerprint density at radius 2 is 1.94 bits per heavy atom. The summed E-state index contributed by atoms with van der Waals surface area (Å²) in [5.74, 6) is 0.473. The summed E-state index contributed by atoms with van der Waals surface area (Å²) in [5.41, 5.74) is 0.925. The Balaban J connectivity index is 1.90. The molecule has 1 aliphatic heterocycles. The van der Waals surface area contributed by atoms with Crippen molar-refractivity contribution in [2.75, 3.05) is 45.7 Å². The second-order valence-corrected chi connectivity index (χ2v) is 9.45. The number of fused-ring (bicyclic) bond motifs is 1. The highest BCUT2D eigenvalue weighted by molar-refractivity contribution is 5.98. The molecular formula is C25H38N4O5. The van der Waals surface area contributed by atoms with Crippen LogP contribution in [0.15, 0.2) is 18.2 Å². The van der Waals surface area contributed by atoms with Crippen molar-refractivity contribution < 1.29 is 23.9 Å². The lowest BCUT2D eigenvalue weighted by atomic mass is 10.0. The van der Waals surface area contributed by atoms with Crippen molar-refractivity contribution in [2.24, 2.45) is 11.8 Å². The fraction of sp³-hybridized carbons (Fsp3) is 0.640. The Morgan fingerprint density at radius 3 is 2.59 bits per heavy atom. The molecule has 1 aromatic rings. The maximum absolute atomic E-state index is 13.3. The van der Waals surface area contributed by atoms with E-state index in [2.05, 4.69) is 17.6 Å². The van der Waals surface area contributed by atoms with Gasteiger partial charge in [0, 0.05) is 57.4 Å². The van der Waals surface area contributed by atoms with Crippen molar-refractivity contribution in [2.45, 2.75) is 52.2 Å². The molecule has 2 aliphatic rings. The van der Waals surface area contributed by atoms with E-state index in [1.165, 1.54) is 0 Å². The number of urea groups is 1. The number of nitrogens with zero attached hydrogens (tertiary/aromatic N) is 2. The molecule has 1 aliphatic carbocycles. The van der Waals surface area contributed by atoms with Gasteiger partial charge in [0.05, 0.1) is 17.7 Å². The molecule has 1 saturated carbocycles. The smallest absolute Gasteiger partial charge is 0.319 e. The van der Waals surface area contributed by atoms with Gasteiger partial charge in [0.1, 0.15) is 12.4 Å². The van der Waals surface area contributed by atoms with Crippen LogP contribution >= 0.6 is 0 Å². The number of ether oxygens (including phenoxy) is 2. The Bertz CT molecular complexity index is 888. The summed E-state index contributed by atoms with van der Waals surface area (Å²) in [6.45, 7) is 7.71. The molecule has 0 radical (unpaired) electrons. The van der Waals surface area contributed by atoms with Crippen LogP contribution in [0.25, 0.3) is 0 Å². The number of hydrogen-bond donors (Lipinski definition) is 2. The van der Waals surface area contributed by atoms with E-state index >= 15 is 0 Å². The van der Waals surface area contributed by atoms with E-state index in [0.717, 1.165) is 19.3 Å². The van der Waals surface area contributed by atoms with Gasteiger partial charge in [0.15, 0.2) is 0 Å². The molecule has 0 bridgehead atoms. The van der Waals surface area contributed by atoms with Crippen LogP contribution in [0.4, 0.5) is 10.5 Å². The number of anilines is 1. The Morgan fingerprint density at radius 1 is 1.21 bits per heavy atom. The van der Waals surface area contributed by atoms with E-state index in [1.807, 2.05) is 18.7 Å². The van der Waals surface area contributed by atoms with Crippen molar-refractivity contribution in [3.63, 3.8) is 0 Å². The lowest BCUT2D eigenvalue weighted by molar-refractivity contribution is -0.136. The van der Waals surface area contributed by atoms with Crippen molar-refractivity contribution in [1.29, 1.82) is 0 Å². The largest absolute Gasteiger partial charge is 0.491 e. The number of rotatable bonds is 5. The van der Waals surface area contributed by atoms with Crippen LogP contribution in [0.5, 0.6) is 5.75 Å². The zero-order chi connectivity index (χ0) is 24.8. The molecule has 4 amide bonds. The van der Waals surface area contributed by atoms with Crippen molar-refractivity contribution in [3.8, 4) is 5.75 Å². The Hall–Kier alpha value is -2.81. The quantitative estimate of drug-likeness (QED) is 0.684. The van der Waals surface area contributed by atoms with Gasteiger partial charge in [-0.25, -0.2) is 4.79 Å². The van der Waals surface area contributed by atoms with Gasteiger partial charge in [-0.15, -0.1) is 0 Å². The van der Waals surface area contributed by atoms with Gasteiger partial charge < -0.3 is 29.9 Å². The average molecular weight is 475 g/mol. The SMILES string of the molecule is CCCNC(=O)Nc1ccc2c(c1)OC[C@H](C)N(C(=O)C1CC1)C[C@H](C)[C@H](OC)CN(C)C2=O. The molecule has 0 aromatic heterocycles. The summed E-state index contributed by atoms with van der Waals surface area (Å²) < 4.78 is 11.9. The monoisotopic (exact) mass is 474 g/mol. The maximum Gasteiger partial charge on any atom is 0.319 e. The van der Waals surface area contributed by atoms with Crippen LogP contribution in [-0.4, -0.2) is 80.2 Å². The minimum atomic E-state index is -0.315. The highest BCUT2D eigenvalue weighted by atomic mass is 16.5. The molecule has 3 atom stereocenters. The number of likely N-dealkylation sites (N-methyl/N-ethyl adjacent to an activating group) is 1. The maximum atomic E-state index is 13.3. The summed E-state index contributed by atoms with van der Waals surface area (Å²) in [6, 6.07) is 4.52. The number of carbonyl (C=O) groups is 3. The first-order valence-electron chi connectivity index (χ1n) is 12.2. The molecule has 1 aromatic carbocycles. The molecule has 0 saturated heterocycles. The van der Waals surface area contributed by atoms with Crippen molar-refractivity contribution in [1.82, 2.24) is 15.1 Å². The third-order valence-corrected chi connectivity index (χ3v) is 6.45. The normalized spacial score (nSPS) is 23.8. The van der Waals surface area contributed by atoms with E-state index in [-0.39, 0.29) is 48.4 Å². The van der Waals surface area contributed by atoms with Crippen LogP contribution in [0.1, 0.15) is 50.4 Å². The first-order chi connectivity index (χ1) is 16.2. The Labute approximate surface area is 202 Å². The Kier molecular flexibility index (Phi) is 8.77. The number of nitrogens with one attached hydrogen (secondary N) is 2. The number of methoxy groups -OCH3 is 1. The summed E-state index contributed by atoms with van der Waals surface area (Å²) in [7, 11) is 3.37. The predicted octanol–water partition coefficient (Wildman–Crippen LogP) is 2.96. The van der Waals surface area contributed by atoms with Gasteiger partial charge in [0.25, 0.3) is 5.91 Å². The van der Waals surface area contributed by atoms with Gasteiger partial charge >= 0.3 is 6.03 Å². The minimum Gasteiger partial charge on any atom is -0.491 e. The summed E-state index contributed by atoms with van der Waals surface area (Å²) in [5, 5.41) is 5.55. The van der Waals surface area contributed by atoms with Crippen LogP contribution in [0.3, 0.4) is 0 Å². The third-order valence-electron chi connectivity index (χ3n) is 6.45. The van der Waals surface area contributed by atoms with E-state index in [9.17, 15) is 14.4 Å². The first kappa shape index (κ1) is 25.8. The predicted molar refractivity (Wildman–Crippen MR) is 130 cm³/mol. The zero-order valence-corrected chi connectivity index (χ0v) is 20.9. The fourth-order valence-electron chi connectivity index (χ4n) is 4.14. The number of amides is 4. The van der Waals surface area contributed by atoms with Crippen LogP contribution in [0, 0.1) is 11.8 Å². The standard InChI is InChI=1S/C25H38N4O5/c1-6-11-26-25(32)27-19-9-10-20-21(12-19)34-15-17(3)29(23(30)18-7-8-18)13-16(2)22(33-5)14-28(4)24(20)31/h9-10,12,16-18,22H,6-8,11,13-15H2,1-5H3,(H2,26,27,32)/t16-,17-,22+/m0/s1. The highest BCUT2D eigenvalue weighted by Gasteiger charge is 2.37. The van der Waals surface area contributed by atoms with Gasteiger partial charge in [-0.1, -0.05) is 13.8 Å². The second kappa shape index (κ2) is 11.6. The molecule has 9 heteroatoms. The lowest BCUT2D eigenvalue weighted by Gasteiger charge is -2.36. The average Bonchev–Trinajstić information content (AvgIpc) is 3.67. The van der Waals surface area contributed by atoms with E-state index in [4.69, 9.17) is 9.47 Å². The lowest BCUT2D eigenvalue weighted by Crippen LogP contribution is -2.49. The summed E-state index contributed by atoms with van der Waals surface area (Å²) in [6.07, 6.45) is 2.47. The third kappa shape index (κ3) is 6.40. The molecule has 9 nitrogen and oxygen atoms in total. The van der Waals surface area contributed by atoms with Gasteiger partial charge in [0.2, 0.25) is 5.91 Å². The van der Waals surface area contributed by atoms with Crippen LogP contribution in [0.2, 0.25) is 0 Å². The number of hydrogen-bond acceptors (Lipinski definition) is 5. The van der Waals surface area contributed by atoms with Gasteiger partial charge in [-0.3, -0.25) is 9.59 Å². The highest BCUT2D eigenvalue weighted by Crippen LogP contribution is 2.33. The fourth-order valence-corrected chi connectivity index (χ4v) is 4.14. The minimum absolute atomic E-state index is 0.0394. The molecule has 0 unspecified atom stereocenters. The van der Waals surface area contributed by atoms with Gasteiger partial charge in [-0.05, 0) is 38.3 Å². The molecule has 2 N–H and O–H groups in total. The second-order valence-electron chi connectivity index (χ2n) is 9.45. The van der Waals surface area contributed by atoms with Crippen LogP contribution in [-0.2, 0) is 9.53 Å². The number of carbonyl (C=O) groups excluding carboxylic acids is 3. The van der Waals surface area contributed by atoms with Gasteiger partial charge in [-0.2, -0.15) is 0 Å². The molecule has 188 valence electrons. The van der Waals surface area contributed by atoms with Crippen LogP contribution < -0.4 is 15.4 Å². The first-order valence-corrected chi connectivity index (χ1v) is 12.2. The molecule has 1 heterocycles. The van der Waals surface area contributed by atoms with Crippen molar-refractivity contribution >= 4 is 23.5 Å². The summed E-state index contributed by atoms with van der Waals surface area (Å²) >= 11 is 0. The molecule has 3 rings (SSSR count). The molecule has 1 fully saturated rings. The topological polar surface area (TPSA) is 100 Å². The molecular weight excluding hydrogens is 436 g/mol. The van der Waals surface area contributed by atoms with E-state index < -0.39 is 0 Å². The molecule has 34 heavy (non-hydrogen) atoms. The summed E-state index contributed by atoms with van der Waals surface area (Å²) in [4.78, 5) is 42.0. The number of benzene rings is 1. The molecule has 0 spiro atoms. The zero-order valence-electron chi connectivity index (χ0n) is 20.9.